The molecule has 39 heavy (non-hydrogen) atoms. The number of para-hydroxylation sites is 1. The molecule has 0 bridgehead atoms. The third-order valence-corrected chi connectivity index (χ3v) is 7.01. The summed E-state index contributed by atoms with van der Waals surface area (Å²) in [7, 11) is 0. The molecule has 0 spiro atoms. The summed E-state index contributed by atoms with van der Waals surface area (Å²) in [5, 5.41) is -0.695. The van der Waals surface area contributed by atoms with Crippen LogP contribution in [0, 0.1) is 0 Å². The van der Waals surface area contributed by atoms with Crippen molar-refractivity contribution in [2.24, 2.45) is 0 Å². The predicted octanol–water partition coefficient (Wildman–Crippen LogP) is 9.82. The molecular formula is C38H26O. The number of rotatable bonds is 3. The maximum absolute atomic E-state index is 9.38. The molecule has 2 unspecified atom stereocenters. The van der Waals surface area contributed by atoms with E-state index in [9.17, 15) is 5.48 Å². The van der Waals surface area contributed by atoms with Gasteiger partial charge in [0.05, 0.1) is 30.6 Å². The van der Waals surface area contributed by atoms with E-state index in [4.69, 9.17) is 23.9 Å². The lowest BCUT2D eigenvalue weighted by Crippen LogP contribution is -2.19. The second-order valence-electron chi connectivity index (χ2n) is 9.01. The van der Waals surface area contributed by atoms with Crippen LogP contribution in [0.3, 0.4) is 0 Å². The fourth-order valence-corrected chi connectivity index (χ4v) is 5.41. The van der Waals surface area contributed by atoms with Crippen molar-refractivity contribution in [3.8, 4) is 28.0 Å². The number of hydrogen-bond acceptors (Lipinski definition) is 1. The van der Waals surface area contributed by atoms with E-state index in [0.717, 1.165) is 0 Å². The molecule has 1 aliphatic heterocycles. The molecule has 0 amide bonds. The van der Waals surface area contributed by atoms with Gasteiger partial charge in [-0.1, -0.05) is 133 Å². The lowest BCUT2D eigenvalue weighted by atomic mass is 9.76. The second kappa shape index (κ2) is 8.85. The number of hydrogen-bond donors (Lipinski definition) is 0. The number of benzene rings is 6. The van der Waals surface area contributed by atoms with Crippen LogP contribution in [0.1, 0.15) is 41.7 Å². The topological polar surface area (TPSA) is 9.23 Å². The molecular weight excluding hydrogens is 472 g/mol. The zero-order chi connectivity index (χ0) is 41.4. The van der Waals surface area contributed by atoms with Crippen molar-refractivity contribution >= 4 is 27.1 Å². The van der Waals surface area contributed by atoms with Gasteiger partial charge in [-0.3, -0.25) is 0 Å². The Labute approximate surface area is 253 Å². The molecule has 1 aliphatic carbocycles. The highest BCUT2D eigenvalue weighted by Gasteiger charge is 2.38. The maximum Gasteiger partial charge on any atom is 0.128 e. The lowest BCUT2D eigenvalue weighted by molar-refractivity contribution is 0.272. The zero-order valence-electron chi connectivity index (χ0n) is 38.0. The first-order valence-electron chi connectivity index (χ1n) is 21.1. The number of ether oxygens (including phenoxy) is 1. The Bertz CT molecular complexity index is 2920. The van der Waals surface area contributed by atoms with Crippen molar-refractivity contribution in [3.63, 3.8) is 0 Å². The Morgan fingerprint density at radius 1 is 0.590 bits per heavy atom. The molecule has 0 saturated carbocycles. The third kappa shape index (κ3) is 3.40. The van der Waals surface area contributed by atoms with Gasteiger partial charge in [-0.25, -0.2) is 0 Å². The molecule has 1 heterocycles. The van der Waals surface area contributed by atoms with Crippen molar-refractivity contribution in [1.82, 2.24) is 0 Å². The van der Waals surface area contributed by atoms with Crippen molar-refractivity contribution in [3.05, 3.63) is 156 Å². The number of fused-ring (bicyclic) bond motifs is 5. The summed E-state index contributed by atoms with van der Waals surface area (Å²) in [5.41, 5.74) is -0.784. The van der Waals surface area contributed by atoms with Crippen molar-refractivity contribution in [2.45, 2.75) is 12.0 Å². The van der Waals surface area contributed by atoms with E-state index >= 15 is 0 Å². The Balaban J connectivity index is 1.67. The first-order chi connectivity index (χ1) is 26.8. The molecule has 1 nitrogen and oxygen atoms in total. The smallest absolute Gasteiger partial charge is 0.128 e. The average molecular weight is 517 g/mol. The van der Waals surface area contributed by atoms with E-state index < -0.39 is 103 Å². The molecule has 2 atom stereocenters. The van der Waals surface area contributed by atoms with Crippen molar-refractivity contribution in [1.29, 1.82) is 0 Å². The molecule has 8 rings (SSSR count). The first-order valence-corrected chi connectivity index (χ1v) is 12.1. The molecule has 184 valence electrons. The van der Waals surface area contributed by atoms with Crippen molar-refractivity contribution < 1.29 is 29.4 Å². The Kier molecular flexibility index (Phi) is 2.43. The SMILES string of the molecule is [2H]C1=C([2H])C2Oc3c([2H])c([2H])c([2H])c([2H])c3C2C(c2c3cc([2H])c([2H])cc3c(-c3c([2H])c([2H])c([2H])c([2H])c3-c3ccc([2H])cc3)c3c([2H])c([2H])c([2H])c([2H])c23)=C1[2H]. The predicted molar refractivity (Wildman–Crippen MR) is 163 cm³/mol. The largest absolute Gasteiger partial charge is 0.485 e. The van der Waals surface area contributed by atoms with E-state index in [1.54, 1.807) is 0 Å². The van der Waals surface area contributed by atoms with E-state index in [2.05, 4.69) is 0 Å². The zero-order valence-corrected chi connectivity index (χ0v) is 20.0. The van der Waals surface area contributed by atoms with Crippen molar-refractivity contribution in [2.75, 3.05) is 0 Å². The second-order valence-corrected chi connectivity index (χ2v) is 9.01. The standard InChI is InChI=1S/C38H26O/c1-2-13-25(14-3-1)26-15-4-5-16-27(26)36-28-17-6-8-19-30(28)37(31-20-9-7-18-29(31)36)33-22-12-24-35-38(33)32-21-10-11-23-34(32)39-35/h1-24,35,38H/i1D,4D,5D,6D,7D,8D,9D,10D,11D,12D,15D,16D,17D,19D,21D,22D,23D,24D. The Morgan fingerprint density at radius 3 is 2.08 bits per heavy atom. The van der Waals surface area contributed by atoms with Crippen LogP contribution in [0.5, 0.6) is 5.75 Å². The quantitative estimate of drug-likeness (QED) is 0.213. The van der Waals surface area contributed by atoms with Crippen LogP contribution >= 0.6 is 0 Å². The highest BCUT2D eigenvalue weighted by molar-refractivity contribution is 6.20. The minimum absolute atomic E-state index is 0.0370. The molecule has 0 aromatic heterocycles. The summed E-state index contributed by atoms with van der Waals surface area (Å²) in [4.78, 5) is 0. The third-order valence-electron chi connectivity index (χ3n) is 7.01. The molecule has 6 aromatic carbocycles. The van der Waals surface area contributed by atoms with Crippen LogP contribution in [-0.4, -0.2) is 6.10 Å². The fourth-order valence-electron chi connectivity index (χ4n) is 5.41. The molecule has 6 aromatic rings. The van der Waals surface area contributed by atoms with Gasteiger partial charge < -0.3 is 4.74 Å². The van der Waals surface area contributed by atoms with Gasteiger partial charge in [0.25, 0.3) is 0 Å². The molecule has 0 N–H and O–H groups in total. The highest BCUT2D eigenvalue weighted by Crippen LogP contribution is 2.52. The normalized spacial score (nSPS) is 24.7. The monoisotopic (exact) mass is 516 g/mol. The summed E-state index contributed by atoms with van der Waals surface area (Å²) in [6, 6.07) is -1.97. The molecule has 1 heteroatoms. The summed E-state index contributed by atoms with van der Waals surface area (Å²) in [5.74, 6) is -1.74. The summed E-state index contributed by atoms with van der Waals surface area (Å²) in [6.45, 7) is 0. The molecule has 2 aliphatic rings. The summed E-state index contributed by atoms with van der Waals surface area (Å²) in [6.07, 6.45) is -1.48. The van der Waals surface area contributed by atoms with Crippen LogP contribution < -0.4 is 4.74 Å². The fraction of sp³-hybridized carbons (Fsp3) is 0.0526. The Morgan fingerprint density at radius 2 is 1.26 bits per heavy atom. The van der Waals surface area contributed by atoms with E-state index in [1.165, 1.54) is 36.4 Å². The lowest BCUT2D eigenvalue weighted by Gasteiger charge is -2.26. The molecule has 0 saturated heterocycles. The van der Waals surface area contributed by atoms with Crippen LogP contribution in [0.15, 0.2) is 145 Å². The minimum Gasteiger partial charge on any atom is -0.485 e. The van der Waals surface area contributed by atoms with Crippen LogP contribution in [-0.2, 0) is 0 Å². The first kappa shape index (κ1) is 10.7. The number of allylic oxidation sites excluding steroid dienone is 2. The van der Waals surface area contributed by atoms with Gasteiger partial charge in [0.2, 0.25) is 0 Å². The maximum atomic E-state index is 9.38. The highest BCUT2D eigenvalue weighted by atomic mass is 16.5. The minimum atomic E-state index is -1.48. The van der Waals surface area contributed by atoms with E-state index in [-0.39, 0.29) is 84.4 Å². The van der Waals surface area contributed by atoms with Crippen LogP contribution in [0.4, 0.5) is 0 Å². The van der Waals surface area contributed by atoms with Gasteiger partial charge >= 0.3 is 0 Å². The van der Waals surface area contributed by atoms with Gasteiger partial charge in [-0.2, -0.15) is 0 Å². The van der Waals surface area contributed by atoms with Gasteiger partial charge in [-0.05, 0) is 67.0 Å². The van der Waals surface area contributed by atoms with Gasteiger partial charge in [0, 0.05) is 5.56 Å². The summed E-state index contributed by atoms with van der Waals surface area (Å²) >= 11 is 0. The van der Waals surface area contributed by atoms with Crippen LogP contribution in [0.25, 0.3) is 49.4 Å². The van der Waals surface area contributed by atoms with E-state index in [0.29, 0.717) is 0 Å². The Hall–Kier alpha value is -4.88. The summed E-state index contributed by atoms with van der Waals surface area (Å²) < 4.78 is 165. The van der Waals surface area contributed by atoms with Gasteiger partial charge in [0.1, 0.15) is 11.9 Å². The molecule has 0 radical (unpaired) electrons. The van der Waals surface area contributed by atoms with Gasteiger partial charge in [0.15, 0.2) is 0 Å². The molecule has 0 fully saturated rings. The van der Waals surface area contributed by atoms with Crippen LogP contribution in [0.2, 0.25) is 0 Å². The van der Waals surface area contributed by atoms with Gasteiger partial charge in [-0.15, -0.1) is 0 Å². The van der Waals surface area contributed by atoms with E-state index in [1.807, 2.05) is 0 Å². The average Bonchev–Trinajstić information content (AvgIpc) is 3.59.